The van der Waals surface area contributed by atoms with Crippen LogP contribution in [-0.2, 0) is 9.53 Å². The highest BCUT2D eigenvalue weighted by Crippen LogP contribution is 2.20. The molecule has 6 nitrogen and oxygen atoms in total. The number of carbonyl (C=O) groups excluding carboxylic acids is 1. The first kappa shape index (κ1) is 15.8. The van der Waals surface area contributed by atoms with Crippen LogP contribution in [0, 0.1) is 11.8 Å². The molecule has 19 heavy (non-hydrogen) atoms. The monoisotopic (exact) mass is 272 g/mol. The van der Waals surface area contributed by atoms with Gasteiger partial charge in [0.1, 0.15) is 5.92 Å². The second-order valence-electron chi connectivity index (χ2n) is 5.38. The summed E-state index contributed by atoms with van der Waals surface area (Å²) in [6.07, 6.45) is 0. The van der Waals surface area contributed by atoms with E-state index in [4.69, 9.17) is 9.84 Å². The summed E-state index contributed by atoms with van der Waals surface area (Å²) in [6, 6.07) is -0.510. The number of ether oxygens (including phenoxy) is 1. The van der Waals surface area contributed by atoms with Gasteiger partial charge in [0.2, 0.25) is 0 Å². The van der Waals surface area contributed by atoms with E-state index in [-0.39, 0.29) is 18.7 Å². The van der Waals surface area contributed by atoms with Crippen molar-refractivity contribution in [3.8, 4) is 0 Å². The van der Waals surface area contributed by atoms with E-state index in [9.17, 15) is 9.59 Å². The molecule has 1 aliphatic heterocycles. The Labute approximate surface area is 114 Å². The summed E-state index contributed by atoms with van der Waals surface area (Å²) in [5, 5.41) is 9.12. The molecule has 1 aliphatic rings. The van der Waals surface area contributed by atoms with Crippen LogP contribution in [-0.4, -0.2) is 66.3 Å². The molecule has 110 valence electrons. The zero-order valence-electron chi connectivity index (χ0n) is 12.1. The van der Waals surface area contributed by atoms with Crippen LogP contribution in [0.2, 0.25) is 0 Å². The van der Waals surface area contributed by atoms with Gasteiger partial charge in [-0.25, -0.2) is 4.79 Å². The van der Waals surface area contributed by atoms with Crippen molar-refractivity contribution in [3.05, 3.63) is 0 Å². The molecular formula is C13H24N2O4. The van der Waals surface area contributed by atoms with Crippen LogP contribution in [0.1, 0.15) is 20.8 Å². The summed E-state index contributed by atoms with van der Waals surface area (Å²) in [4.78, 5) is 26.7. The van der Waals surface area contributed by atoms with E-state index in [1.807, 2.05) is 6.92 Å². The van der Waals surface area contributed by atoms with Crippen molar-refractivity contribution in [2.75, 3.05) is 33.4 Å². The first-order valence-corrected chi connectivity index (χ1v) is 6.70. The van der Waals surface area contributed by atoms with Gasteiger partial charge in [-0.3, -0.25) is 4.79 Å². The minimum absolute atomic E-state index is 0.127. The third-order valence-electron chi connectivity index (χ3n) is 3.40. The van der Waals surface area contributed by atoms with Gasteiger partial charge in [0.25, 0.3) is 0 Å². The largest absolute Gasteiger partial charge is 0.481 e. The summed E-state index contributed by atoms with van der Waals surface area (Å²) < 4.78 is 5.20. The number of carboxylic acids is 1. The molecule has 0 radical (unpaired) electrons. The minimum Gasteiger partial charge on any atom is -0.481 e. The van der Waals surface area contributed by atoms with E-state index >= 15 is 0 Å². The van der Waals surface area contributed by atoms with E-state index in [1.54, 1.807) is 11.9 Å². The molecule has 0 saturated carbocycles. The molecule has 0 aromatic carbocycles. The van der Waals surface area contributed by atoms with E-state index in [0.29, 0.717) is 25.6 Å². The number of amides is 2. The number of urea groups is 1. The molecule has 0 aliphatic carbocycles. The maximum atomic E-state index is 12.4. The van der Waals surface area contributed by atoms with Crippen molar-refractivity contribution in [2.45, 2.75) is 26.8 Å². The Morgan fingerprint density at radius 2 is 2.00 bits per heavy atom. The normalized spacial score (nSPS) is 22.6. The van der Waals surface area contributed by atoms with Crippen LogP contribution in [0.15, 0.2) is 0 Å². The zero-order chi connectivity index (χ0) is 14.6. The topological polar surface area (TPSA) is 70.1 Å². The lowest BCUT2D eigenvalue weighted by Gasteiger charge is -2.32. The Morgan fingerprint density at radius 3 is 2.47 bits per heavy atom. The Bertz CT molecular complexity index is 333. The maximum absolute atomic E-state index is 12.4. The molecule has 1 N–H and O–H groups in total. The van der Waals surface area contributed by atoms with E-state index < -0.39 is 11.9 Å². The average molecular weight is 272 g/mol. The standard InChI is InChI=1S/C13H24N2O4/c1-5-15(6-9(2)3)13(18)14(4)11-8-19-7-10(11)12(16)17/h9-11H,5-8H2,1-4H3,(H,16,17). The summed E-state index contributed by atoms with van der Waals surface area (Å²) in [5.74, 6) is -1.16. The predicted octanol–water partition coefficient (Wildman–Crippen LogP) is 1.12. The lowest BCUT2D eigenvalue weighted by atomic mass is 10.0. The zero-order valence-corrected chi connectivity index (χ0v) is 12.1. The highest BCUT2D eigenvalue weighted by molar-refractivity contribution is 5.77. The van der Waals surface area contributed by atoms with Gasteiger partial charge in [0.05, 0.1) is 19.3 Å². The summed E-state index contributed by atoms with van der Waals surface area (Å²) in [6.45, 7) is 7.78. The SMILES string of the molecule is CCN(CC(C)C)C(=O)N(C)C1COCC1C(=O)O. The summed E-state index contributed by atoms with van der Waals surface area (Å²) in [7, 11) is 1.65. The molecule has 1 fully saturated rings. The molecule has 6 heteroatoms. The van der Waals surface area contributed by atoms with Gasteiger partial charge in [-0.1, -0.05) is 13.8 Å². The van der Waals surface area contributed by atoms with Crippen LogP contribution >= 0.6 is 0 Å². The van der Waals surface area contributed by atoms with Crippen LogP contribution in [0.5, 0.6) is 0 Å². The van der Waals surface area contributed by atoms with Crippen molar-refractivity contribution >= 4 is 12.0 Å². The third-order valence-corrected chi connectivity index (χ3v) is 3.40. The van der Waals surface area contributed by atoms with Gasteiger partial charge in [-0.15, -0.1) is 0 Å². The molecule has 2 atom stereocenters. The molecule has 0 aromatic heterocycles. The number of carboxylic acid groups (broad SMARTS) is 1. The molecule has 0 spiro atoms. The highest BCUT2D eigenvalue weighted by atomic mass is 16.5. The molecule has 1 saturated heterocycles. The minimum atomic E-state index is -0.908. The number of aliphatic carboxylic acids is 1. The number of nitrogens with zero attached hydrogens (tertiary/aromatic N) is 2. The van der Waals surface area contributed by atoms with Crippen molar-refractivity contribution in [1.82, 2.24) is 9.80 Å². The molecular weight excluding hydrogens is 248 g/mol. The molecule has 0 aromatic rings. The van der Waals surface area contributed by atoms with E-state index in [2.05, 4.69) is 13.8 Å². The van der Waals surface area contributed by atoms with Gasteiger partial charge in [-0.05, 0) is 12.8 Å². The fourth-order valence-electron chi connectivity index (χ4n) is 2.31. The van der Waals surface area contributed by atoms with Crippen LogP contribution in [0.25, 0.3) is 0 Å². The molecule has 1 heterocycles. The average Bonchev–Trinajstić information content (AvgIpc) is 2.83. The Hall–Kier alpha value is -1.30. The van der Waals surface area contributed by atoms with E-state index in [1.165, 1.54) is 4.90 Å². The number of carbonyl (C=O) groups is 2. The van der Waals surface area contributed by atoms with Crippen LogP contribution < -0.4 is 0 Å². The van der Waals surface area contributed by atoms with Gasteiger partial charge >= 0.3 is 12.0 Å². The molecule has 2 amide bonds. The van der Waals surface area contributed by atoms with Gasteiger partial charge in [0, 0.05) is 20.1 Å². The van der Waals surface area contributed by atoms with Crippen LogP contribution in [0.3, 0.4) is 0 Å². The fraction of sp³-hybridized carbons (Fsp3) is 0.846. The number of hydrogen-bond donors (Lipinski definition) is 1. The molecule has 1 rings (SSSR count). The first-order chi connectivity index (χ1) is 8.88. The van der Waals surface area contributed by atoms with Gasteiger partial charge < -0.3 is 19.6 Å². The first-order valence-electron chi connectivity index (χ1n) is 6.70. The van der Waals surface area contributed by atoms with Crippen molar-refractivity contribution in [3.63, 3.8) is 0 Å². The quantitative estimate of drug-likeness (QED) is 0.814. The Morgan fingerprint density at radius 1 is 1.37 bits per heavy atom. The second-order valence-corrected chi connectivity index (χ2v) is 5.38. The number of rotatable bonds is 5. The second kappa shape index (κ2) is 6.75. The van der Waals surface area contributed by atoms with Gasteiger partial charge in [-0.2, -0.15) is 0 Å². The molecule has 2 unspecified atom stereocenters. The lowest BCUT2D eigenvalue weighted by molar-refractivity contribution is -0.142. The van der Waals surface area contributed by atoms with Crippen molar-refractivity contribution in [1.29, 1.82) is 0 Å². The smallest absolute Gasteiger partial charge is 0.320 e. The highest BCUT2D eigenvalue weighted by Gasteiger charge is 2.39. The van der Waals surface area contributed by atoms with E-state index in [0.717, 1.165) is 0 Å². The number of hydrogen-bond acceptors (Lipinski definition) is 3. The van der Waals surface area contributed by atoms with Crippen LogP contribution in [0.4, 0.5) is 4.79 Å². The fourth-order valence-corrected chi connectivity index (χ4v) is 2.31. The third kappa shape index (κ3) is 3.83. The summed E-state index contributed by atoms with van der Waals surface area (Å²) in [5.41, 5.74) is 0. The predicted molar refractivity (Wildman–Crippen MR) is 71.0 cm³/mol. The van der Waals surface area contributed by atoms with Crippen molar-refractivity contribution in [2.24, 2.45) is 11.8 Å². The Balaban J connectivity index is 2.72. The number of likely N-dealkylation sites (N-methyl/N-ethyl adjacent to an activating group) is 1. The molecule has 0 bridgehead atoms. The Kier molecular flexibility index (Phi) is 5.60. The van der Waals surface area contributed by atoms with Crippen molar-refractivity contribution < 1.29 is 19.4 Å². The lowest BCUT2D eigenvalue weighted by Crippen LogP contribution is -2.50. The summed E-state index contributed by atoms with van der Waals surface area (Å²) >= 11 is 0. The van der Waals surface area contributed by atoms with Gasteiger partial charge in [0.15, 0.2) is 0 Å². The maximum Gasteiger partial charge on any atom is 0.320 e.